The molecule has 0 aliphatic heterocycles. The second-order valence-corrected chi connectivity index (χ2v) is 5.74. The molecular formula is C15H28O6. The van der Waals surface area contributed by atoms with Gasteiger partial charge in [-0.05, 0) is 33.6 Å². The van der Waals surface area contributed by atoms with E-state index in [4.69, 9.17) is 24.5 Å². The summed E-state index contributed by atoms with van der Waals surface area (Å²) in [6, 6.07) is 0. The predicted molar refractivity (Wildman–Crippen MR) is 79.0 cm³/mol. The topological polar surface area (TPSA) is 101 Å². The lowest BCUT2D eigenvalue weighted by Gasteiger charge is -2.23. The van der Waals surface area contributed by atoms with Gasteiger partial charge in [-0.15, -0.1) is 0 Å². The highest BCUT2D eigenvalue weighted by Crippen LogP contribution is 2.18. The molecule has 0 aromatic heterocycles. The van der Waals surface area contributed by atoms with E-state index in [0.717, 1.165) is 19.3 Å². The van der Waals surface area contributed by atoms with Crippen LogP contribution in [0.25, 0.3) is 0 Å². The zero-order valence-electron chi connectivity index (χ0n) is 13.6. The Labute approximate surface area is 126 Å². The van der Waals surface area contributed by atoms with Gasteiger partial charge in [0.15, 0.2) is 0 Å². The van der Waals surface area contributed by atoms with Crippen LogP contribution in [0.1, 0.15) is 66.7 Å². The second kappa shape index (κ2) is 11.1. The van der Waals surface area contributed by atoms with Crippen molar-refractivity contribution >= 4 is 17.9 Å². The van der Waals surface area contributed by atoms with E-state index in [1.54, 1.807) is 0 Å². The van der Waals surface area contributed by atoms with E-state index in [1.807, 2.05) is 20.8 Å². The SMILES string of the molecule is CCCCCC(CC)C(=O)OC(C)(C)C.O=C(O)C(=O)O. The average Bonchev–Trinajstić information content (AvgIpc) is 2.33. The summed E-state index contributed by atoms with van der Waals surface area (Å²) >= 11 is 0. The fourth-order valence-corrected chi connectivity index (χ4v) is 1.51. The molecule has 0 aromatic rings. The molecule has 0 spiro atoms. The summed E-state index contributed by atoms with van der Waals surface area (Å²) in [6.45, 7) is 9.99. The number of esters is 1. The first kappa shape index (κ1) is 21.7. The van der Waals surface area contributed by atoms with Crippen LogP contribution in [0.5, 0.6) is 0 Å². The van der Waals surface area contributed by atoms with Crippen molar-refractivity contribution in [2.75, 3.05) is 0 Å². The van der Waals surface area contributed by atoms with E-state index in [9.17, 15) is 4.79 Å². The highest BCUT2D eigenvalue weighted by molar-refractivity contribution is 6.27. The minimum absolute atomic E-state index is 0.0268. The fraction of sp³-hybridized carbons (Fsp3) is 0.800. The highest BCUT2D eigenvalue weighted by Gasteiger charge is 2.23. The molecule has 0 aromatic carbocycles. The molecule has 0 saturated heterocycles. The summed E-state index contributed by atoms with van der Waals surface area (Å²) in [7, 11) is 0. The first-order valence-electron chi connectivity index (χ1n) is 7.24. The van der Waals surface area contributed by atoms with E-state index < -0.39 is 11.9 Å². The summed E-state index contributed by atoms with van der Waals surface area (Å²) in [5.74, 6) is -3.58. The lowest BCUT2D eigenvalue weighted by Crippen LogP contribution is -2.28. The molecule has 6 nitrogen and oxygen atoms in total. The van der Waals surface area contributed by atoms with Crippen molar-refractivity contribution in [3.63, 3.8) is 0 Å². The van der Waals surface area contributed by atoms with Crippen molar-refractivity contribution in [3.8, 4) is 0 Å². The third-order valence-corrected chi connectivity index (χ3v) is 2.57. The van der Waals surface area contributed by atoms with Crippen molar-refractivity contribution in [1.82, 2.24) is 0 Å². The summed E-state index contributed by atoms with van der Waals surface area (Å²) in [5.41, 5.74) is -0.352. The molecule has 0 radical (unpaired) electrons. The molecule has 2 N–H and O–H groups in total. The molecule has 1 unspecified atom stereocenters. The molecule has 0 aliphatic rings. The fourth-order valence-electron chi connectivity index (χ4n) is 1.51. The zero-order valence-corrected chi connectivity index (χ0v) is 13.6. The van der Waals surface area contributed by atoms with Gasteiger partial charge in [-0.1, -0.05) is 33.1 Å². The molecule has 1 atom stereocenters. The number of carboxylic acids is 2. The van der Waals surface area contributed by atoms with Gasteiger partial charge in [-0.25, -0.2) is 9.59 Å². The van der Waals surface area contributed by atoms with Crippen molar-refractivity contribution in [3.05, 3.63) is 0 Å². The Kier molecular flexibility index (Phi) is 11.5. The van der Waals surface area contributed by atoms with Crippen LogP contribution in [0.3, 0.4) is 0 Å². The van der Waals surface area contributed by atoms with Crippen LogP contribution in [0, 0.1) is 5.92 Å². The van der Waals surface area contributed by atoms with E-state index in [-0.39, 0.29) is 17.5 Å². The Balaban J connectivity index is 0. The molecule has 0 fully saturated rings. The van der Waals surface area contributed by atoms with Gasteiger partial charge in [-0.3, -0.25) is 4.79 Å². The Bertz CT molecular complexity index is 318. The number of rotatable bonds is 6. The van der Waals surface area contributed by atoms with Gasteiger partial charge in [0, 0.05) is 0 Å². The average molecular weight is 304 g/mol. The Morgan fingerprint density at radius 3 is 1.76 bits per heavy atom. The van der Waals surface area contributed by atoms with Crippen molar-refractivity contribution in [2.45, 2.75) is 72.3 Å². The standard InChI is InChI=1S/C13H26O2.C2H2O4/c1-6-8-9-10-11(7-2)12(14)15-13(3,4)5;3-1(4)2(5)6/h11H,6-10H2,1-5H3;(H,3,4)(H,5,6). The maximum Gasteiger partial charge on any atom is 0.414 e. The maximum absolute atomic E-state index is 11.8. The van der Waals surface area contributed by atoms with Gasteiger partial charge >= 0.3 is 17.9 Å². The number of unbranched alkanes of at least 4 members (excludes halogenated alkanes) is 2. The van der Waals surface area contributed by atoms with E-state index in [1.165, 1.54) is 12.8 Å². The van der Waals surface area contributed by atoms with E-state index >= 15 is 0 Å². The molecule has 0 heterocycles. The van der Waals surface area contributed by atoms with Gasteiger partial charge in [-0.2, -0.15) is 0 Å². The van der Waals surface area contributed by atoms with Crippen LogP contribution in [0.15, 0.2) is 0 Å². The molecular weight excluding hydrogens is 276 g/mol. The molecule has 0 rings (SSSR count). The zero-order chi connectivity index (χ0) is 17.1. The van der Waals surface area contributed by atoms with Crippen LogP contribution in [-0.4, -0.2) is 33.7 Å². The molecule has 124 valence electrons. The summed E-state index contributed by atoms with van der Waals surface area (Å²) < 4.78 is 5.38. The van der Waals surface area contributed by atoms with Gasteiger partial charge in [0.05, 0.1) is 5.92 Å². The van der Waals surface area contributed by atoms with Crippen LogP contribution in [0.4, 0.5) is 0 Å². The van der Waals surface area contributed by atoms with E-state index in [2.05, 4.69) is 13.8 Å². The second-order valence-electron chi connectivity index (χ2n) is 5.74. The predicted octanol–water partition coefficient (Wildman–Crippen LogP) is 3.09. The summed E-state index contributed by atoms with van der Waals surface area (Å²) in [4.78, 5) is 30.0. The van der Waals surface area contributed by atoms with Gasteiger partial charge < -0.3 is 14.9 Å². The third-order valence-electron chi connectivity index (χ3n) is 2.57. The molecule has 0 aliphatic carbocycles. The lowest BCUT2D eigenvalue weighted by atomic mass is 9.98. The maximum atomic E-state index is 11.8. The minimum atomic E-state index is -1.82. The number of carboxylic acid groups (broad SMARTS) is 2. The number of hydrogen-bond acceptors (Lipinski definition) is 4. The number of carbonyl (C=O) groups excluding carboxylic acids is 1. The van der Waals surface area contributed by atoms with E-state index in [0.29, 0.717) is 0 Å². The van der Waals surface area contributed by atoms with Crippen molar-refractivity contribution in [1.29, 1.82) is 0 Å². The molecule has 0 amide bonds. The quantitative estimate of drug-likeness (QED) is 0.444. The number of ether oxygens (including phenoxy) is 1. The molecule has 0 saturated carbocycles. The first-order valence-corrected chi connectivity index (χ1v) is 7.24. The third kappa shape index (κ3) is 14.6. The van der Waals surface area contributed by atoms with Gasteiger partial charge in [0.1, 0.15) is 5.60 Å². The number of carbonyl (C=O) groups is 3. The summed E-state index contributed by atoms with van der Waals surface area (Å²) in [5, 5.41) is 14.8. The van der Waals surface area contributed by atoms with Crippen molar-refractivity contribution < 1.29 is 29.3 Å². The first-order chi connectivity index (χ1) is 9.55. The number of aliphatic carboxylic acids is 2. The minimum Gasteiger partial charge on any atom is -0.473 e. The summed E-state index contributed by atoms with van der Waals surface area (Å²) in [6.07, 6.45) is 5.40. The van der Waals surface area contributed by atoms with Crippen LogP contribution in [-0.2, 0) is 19.1 Å². The smallest absolute Gasteiger partial charge is 0.414 e. The molecule has 21 heavy (non-hydrogen) atoms. The largest absolute Gasteiger partial charge is 0.473 e. The molecule has 6 heteroatoms. The highest BCUT2D eigenvalue weighted by atomic mass is 16.6. The lowest BCUT2D eigenvalue weighted by molar-refractivity contribution is -0.160. The monoisotopic (exact) mass is 304 g/mol. The Morgan fingerprint density at radius 2 is 1.48 bits per heavy atom. The van der Waals surface area contributed by atoms with Crippen LogP contribution >= 0.6 is 0 Å². The van der Waals surface area contributed by atoms with Gasteiger partial charge in [0.2, 0.25) is 0 Å². The Hall–Kier alpha value is -1.59. The molecule has 0 bridgehead atoms. The van der Waals surface area contributed by atoms with Gasteiger partial charge in [0.25, 0.3) is 0 Å². The van der Waals surface area contributed by atoms with Crippen LogP contribution < -0.4 is 0 Å². The number of hydrogen-bond donors (Lipinski definition) is 2. The van der Waals surface area contributed by atoms with Crippen LogP contribution in [0.2, 0.25) is 0 Å². The normalized spacial score (nSPS) is 11.9. The Morgan fingerprint density at radius 1 is 1.00 bits per heavy atom. The van der Waals surface area contributed by atoms with Crippen molar-refractivity contribution in [2.24, 2.45) is 5.92 Å².